The maximum Gasteiger partial charge on any atom is 0.419 e. The number of nitrogens with zero attached hydrogens (tertiary/aromatic N) is 2. The van der Waals surface area contributed by atoms with Crippen molar-refractivity contribution in [1.82, 2.24) is 15.6 Å². The van der Waals surface area contributed by atoms with Crippen molar-refractivity contribution < 1.29 is 13.2 Å². The summed E-state index contributed by atoms with van der Waals surface area (Å²) in [6.45, 7) is 6.65. The summed E-state index contributed by atoms with van der Waals surface area (Å²) >= 11 is 0. The second-order valence-electron chi connectivity index (χ2n) is 5.70. The fourth-order valence-electron chi connectivity index (χ4n) is 1.67. The summed E-state index contributed by atoms with van der Waals surface area (Å²) in [7, 11) is 1.63. The van der Waals surface area contributed by atoms with E-state index in [2.05, 4.69) is 25.9 Å². The van der Waals surface area contributed by atoms with E-state index in [0.29, 0.717) is 12.5 Å². The van der Waals surface area contributed by atoms with Gasteiger partial charge in [-0.3, -0.25) is 4.99 Å². The van der Waals surface area contributed by atoms with Crippen LogP contribution in [0.15, 0.2) is 23.3 Å². The highest BCUT2D eigenvalue weighted by Gasteiger charge is 2.33. The summed E-state index contributed by atoms with van der Waals surface area (Å²) in [5.74, 6) is 0.418. The summed E-state index contributed by atoms with van der Waals surface area (Å²) in [6.07, 6.45) is -3.10. The van der Waals surface area contributed by atoms with Crippen molar-refractivity contribution >= 4 is 11.8 Å². The Bertz CT molecular complexity index is 506. The largest absolute Gasteiger partial charge is 0.419 e. The van der Waals surface area contributed by atoms with E-state index in [1.165, 1.54) is 12.3 Å². The van der Waals surface area contributed by atoms with Gasteiger partial charge in [-0.05, 0) is 32.9 Å². The lowest BCUT2D eigenvalue weighted by Gasteiger charge is -2.23. The van der Waals surface area contributed by atoms with Crippen LogP contribution in [-0.2, 0) is 6.18 Å². The maximum atomic E-state index is 12.8. The fourth-order valence-corrected chi connectivity index (χ4v) is 1.67. The van der Waals surface area contributed by atoms with Gasteiger partial charge in [-0.2, -0.15) is 13.2 Å². The quantitative estimate of drug-likeness (QED) is 0.453. The highest BCUT2D eigenvalue weighted by Crippen LogP contribution is 2.33. The van der Waals surface area contributed by atoms with Crippen LogP contribution in [0, 0.1) is 0 Å². The number of alkyl halides is 3. The van der Waals surface area contributed by atoms with E-state index in [1.807, 2.05) is 20.8 Å². The third-order valence-corrected chi connectivity index (χ3v) is 2.54. The Labute approximate surface area is 128 Å². The molecule has 0 saturated heterocycles. The molecule has 5 nitrogen and oxygen atoms in total. The summed E-state index contributed by atoms with van der Waals surface area (Å²) in [4.78, 5) is 7.78. The third-order valence-electron chi connectivity index (χ3n) is 2.54. The Balaban J connectivity index is 2.52. The van der Waals surface area contributed by atoms with Crippen LogP contribution >= 0.6 is 0 Å². The van der Waals surface area contributed by atoms with Gasteiger partial charge >= 0.3 is 6.18 Å². The topological polar surface area (TPSA) is 61.3 Å². The lowest BCUT2D eigenvalue weighted by molar-refractivity contribution is -0.137. The standard InChI is InChI=1S/C14H22F3N5/c1-13(2,3)22-12(18-4)21-9-8-20-11-10(14(15,16)17)6-5-7-19-11/h5-7H,8-9H2,1-4H3,(H,19,20)(H2,18,21,22). The van der Waals surface area contributed by atoms with Crippen LogP contribution < -0.4 is 16.0 Å². The van der Waals surface area contributed by atoms with Gasteiger partial charge < -0.3 is 16.0 Å². The van der Waals surface area contributed by atoms with Gasteiger partial charge in [0, 0.05) is 31.9 Å². The smallest absolute Gasteiger partial charge is 0.368 e. The highest BCUT2D eigenvalue weighted by atomic mass is 19.4. The number of guanidine groups is 1. The van der Waals surface area contributed by atoms with Crippen molar-refractivity contribution in [2.75, 3.05) is 25.5 Å². The molecule has 0 aliphatic carbocycles. The molecule has 0 saturated carbocycles. The average molecular weight is 317 g/mol. The Morgan fingerprint density at radius 1 is 1.23 bits per heavy atom. The first-order valence-corrected chi connectivity index (χ1v) is 6.88. The Morgan fingerprint density at radius 3 is 2.45 bits per heavy atom. The monoisotopic (exact) mass is 317 g/mol. The number of pyridine rings is 1. The third kappa shape index (κ3) is 6.19. The first kappa shape index (κ1) is 18.1. The first-order chi connectivity index (χ1) is 10.1. The molecule has 124 valence electrons. The summed E-state index contributed by atoms with van der Waals surface area (Å²) in [6, 6.07) is 2.27. The molecule has 1 aromatic rings. The number of hydrogen-bond donors (Lipinski definition) is 3. The molecule has 0 bridgehead atoms. The molecule has 0 aliphatic rings. The van der Waals surface area contributed by atoms with Crippen LogP contribution in [0.2, 0.25) is 0 Å². The maximum absolute atomic E-state index is 12.8. The van der Waals surface area contributed by atoms with Crippen LogP contribution in [-0.4, -0.2) is 36.6 Å². The number of nitrogens with one attached hydrogen (secondary N) is 3. The van der Waals surface area contributed by atoms with Crippen LogP contribution in [0.1, 0.15) is 26.3 Å². The zero-order valence-corrected chi connectivity index (χ0v) is 13.2. The molecular weight excluding hydrogens is 295 g/mol. The molecule has 0 aliphatic heterocycles. The highest BCUT2D eigenvalue weighted by molar-refractivity contribution is 5.80. The van der Waals surface area contributed by atoms with E-state index in [-0.39, 0.29) is 17.9 Å². The molecule has 3 N–H and O–H groups in total. The van der Waals surface area contributed by atoms with E-state index in [0.717, 1.165) is 6.07 Å². The van der Waals surface area contributed by atoms with Crippen molar-refractivity contribution in [3.8, 4) is 0 Å². The lowest BCUT2D eigenvalue weighted by Crippen LogP contribution is -2.48. The van der Waals surface area contributed by atoms with Crippen LogP contribution in [0.3, 0.4) is 0 Å². The van der Waals surface area contributed by atoms with Gasteiger partial charge in [0.15, 0.2) is 5.96 Å². The molecule has 0 radical (unpaired) electrons. The normalized spacial score (nSPS) is 13.0. The SMILES string of the molecule is CN=C(NCCNc1ncccc1C(F)(F)F)NC(C)(C)C. The van der Waals surface area contributed by atoms with E-state index in [9.17, 15) is 13.2 Å². The summed E-state index contributed by atoms with van der Waals surface area (Å²) in [5.41, 5.74) is -0.924. The minimum atomic E-state index is -4.42. The van der Waals surface area contributed by atoms with Gasteiger partial charge in [0.2, 0.25) is 0 Å². The number of hydrogen-bond acceptors (Lipinski definition) is 3. The Kier molecular flexibility index (Phi) is 6.01. The predicted molar refractivity (Wildman–Crippen MR) is 82.0 cm³/mol. The van der Waals surface area contributed by atoms with Gasteiger partial charge in [0.05, 0.1) is 5.56 Å². The second kappa shape index (κ2) is 7.33. The average Bonchev–Trinajstić information content (AvgIpc) is 2.40. The van der Waals surface area contributed by atoms with E-state index in [1.54, 1.807) is 7.05 Å². The van der Waals surface area contributed by atoms with E-state index >= 15 is 0 Å². The number of anilines is 1. The van der Waals surface area contributed by atoms with Crippen molar-refractivity contribution in [2.24, 2.45) is 4.99 Å². The molecule has 8 heteroatoms. The molecular formula is C14H22F3N5. The second-order valence-corrected chi connectivity index (χ2v) is 5.70. The van der Waals surface area contributed by atoms with E-state index in [4.69, 9.17) is 0 Å². The summed E-state index contributed by atoms with van der Waals surface area (Å²) < 4.78 is 38.4. The Morgan fingerprint density at radius 2 is 1.91 bits per heavy atom. The van der Waals surface area contributed by atoms with Crippen molar-refractivity contribution in [3.63, 3.8) is 0 Å². The van der Waals surface area contributed by atoms with Gasteiger partial charge in [-0.15, -0.1) is 0 Å². The number of aliphatic imine (C=N–C) groups is 1. The number of rotatable bonds is 4. The molecule has 22 heavy (non-hydrogen) atoms. The molecule has 0 unspecified atom stereocenters. The molecule has 0 aromatic carbocycles. The zero-order chi connectivity index (χ0) is 16.8. The zero-order valence-electron chi connectivity index (χ0n) is 13.2. The predicted octanol–water partition coefficient (Wildman–Crippen LogP) is 2.48. The van der Waals surface area contributed by atoms with Gasteiger partial charge in [0.1, 0.15) is 5.82 Å². The van der Waals surface area contributed by atoms with Crippen molar-refractivity contribution in [1.29, 1.82) is 0 Å². The molecule has 1 heterocycles. The molecule has 0 atom stereocenters. The molecule has 0 fully saturated rings. The van der Waals surface area contributed by atoms with Crippen molar-refractivity contribution in [3.05, 3.63) is 23.9 Å². The molecule has 1 aromatic heterocycles. The summed E-state index contributed by atoms with van der Waals surface area (Å²) in [5, 5.41) is 8.86. The van der Waals surface area contributed by atoms with Gasteiger partial charge in [0.25, 0.3) is 0 Å². The van der Waals surface area contributed by atoms with Crippen molar-refractivity contribution in [2.45, 2.75) is 32.5 Å². The molecule has 0 spiro atoms. The van der Waals surface area contributed by atoms with Crippen LogP contribution in [0.4, 0.5) is 19.0 Å². The lowest BCUT2D eigenvalue weighted by atomic mass is 10.1. The van der Waals surface area contributed by atoms with E-state index < -0.39 is 11.7 Å². The molecule has 0 amide bonds. The van der Waals surface area contributed by atoms with Crippen LogP contribution in [0.5, 0.6) is 0 Å². The number of aromatic nitrogens is 1. The number of halogens is 3. The fraction of sp³-hybridized carbons (Fsp3) is 0.571. The minimum absolute atomic E-state index is 0.153. The van der Waals surface area contributed by atoms with Crippen LogP contribution in [0.25, 0.3) is 0 Å². The van der Waals surface area contributed by atoms with Gasteiger partial charge in [-0.1, -0.05) is 0 Å². The first-order valence-electron chi connectivity index (χ1n) is 6.88. The van der Waals surface area contributed by atoms with Gasteiger partial charge in [-0.25, -0.2) is 4.98 Å². The Hall–Kier alpha value is -1.99. The minimum Gasteiger partial charge on any atom is -0.368 e. The molecule has 1 rings (SSSR count).